The Balaban J connectivity index is 0. The summed E-state index contributed by atoms with van der Waals surface area (Å²) < 4.78 is 50.3. The number of hydrogen-bond acceptors (Lipinski definition) is 3. The van der Waals surface area contributed by atoms with Crippen LogP contribution >= 0.6 is 24.8 Å². The van der Waals surface area contributed by atoms with Crippen molar-refractivity contribution >= 4 is 30.7 Å². The second kappa shape index (κ2) is 9.25. The Labute approximate surface area is 146 Å². The van der Waals surface area contributed by atoms with Crippen molar-refractivity contribution in [2.75, 3.05) is 32.7 Å². The molecular weight excluding hydrogens is 361 g/mol. The number of amides is 1. The molecule has 0 unspecified atom stereocenters. The van der Waals surface area contributed by atoms with Gasteiger partial charge in [0.1, 0.15) is 0 Å². The van der Waals surface area contributed by atoms with E-state index in [2.05, 4.69) is 0 Å². The summed E-state index contributed by atoms with van der Waals surface area (Å²) in [5.41, 5.74) is 5.49. The fourth-order valence-electron chi connectivity index (χ4n) is 2.06. The number of nitrogens with zero attached hydrogens (tertiary/aromatic N) is 2. The minimum Gasteiger partial charge on any atom is -0.339 e. The van der Waals surface area contributed by atoms with Gasteiger partial charge in [-0.3, -0.25) is 9.69 Å². The van der Waals surface area contributed by atoms with E-state index in [9.17, 15) is 22.4 Å². The quantitative estimate of drug-likeness (QED) is 0.755. The van der Waals surface area contributed by atoms with E-state index in [0.29, 0.717) is 0 Å². The molecule has 4 nitrogen and oxygen atoms in total. The van der Waals surface area contributed by atoms with Crippen molar-refractivity contribution in [2.45, 2.75) is 39.2 Å². The number of nitrogens with two attached hydrogens (primary N) is 1. The Morgan fingerprint density at radius 3 is 1.87 bits per heavy atom. The number of rotatable bonds is 4. The van der Waals surface area contributed by atoms with Crippen LogP contribution in [0.25, 0.3) is 0 Å². The monoisotopic (exact) mass is 385 g/mol. The maximum absolute atomic E-state index is 13.0. The molecule has 1 heterocycles. The van der Waals surface area contributed by atoms with Gasteiger partial charge in [0, 0.05) is 26.2 Å². The van der Waals surface area contributed by atoms with Crippen LogP contribution in [0.2, 0.25) is 0 Å². The summed E-state index contributed by atoms with van der Waals surface area (Å²) in [6, 6.07) is -0.674. The van der Waals surface area contributed by atoms with E-state index in [1.807, 2.05) is 20.8 Å². The highest BCUT2D eigenvalue weighted by atomic mass is 35.5. The van der Waals surface area contributed by atoms with Gasteiger partial charge >= 0.3 is 12.3 Å². The first-order valence-electron chi connectivity index (χ1n) is 6.88. The minimum absolute atomic E-state index is 0. The largest absolute Gasteiger partial charge is 0.339 e. The molecule has 0 aromatic heterocycles. The molecule has 0 aromatic carbocycles. The summed E-state index contributed by atoms with van der Waals surface area (Å²) in [5.74, 6) is -4.25. The normalized spacial score (nSPS) is 18.2. The molecule has 0 aromatic rings. The van der Waals surface area contributed by atoms with Crippen LogP contribution in [0.4, 0.5) is 17.6 Å². The average Bonchev–Trinajstić information content (AvgIpc) is 2.36. The van der Waals surface area contributed by atoms with Crippen molar-refractivity contribution in [2.24, 2.45) is 11.1 Å². The molecule has 0 spiro atoms. The molecule has 1 aliphatic rings. The lowest BCUT2D eigenvalue weighted by Gasteiger charge is -2.38. The van der Waals surface area contributed by atoms with Crippen molar-refractivity contribution < 1.29 is 22.4 Å². The molecule has 1 saturated heterocycles. The number of hydrogen-bond donors (Lipinski definition) is 1. The van der Waals surface area contributed by atoms with Gasteiger partial charge in [0.2, 0.25) is 5.91 Å². The van der Waals surface area contributed by atoms with Gasteiger partial charge in [0.05, 0.1) is 12.6 Å². The lowest BCUT2D eigenvalue weighted by atomic mass is 9.86. The average molecular weight is 386 g/mol. The van der Waals surface area contributed by atoms with Crippen molar-refractivity contribution in [1.82, 2.24) is 9.80 Å². The summed E-state index contributed by atoms with van der Waals surface area (Å²) in [6.07, 6.45) is -3.67. The third kappa shape index (κ3) is 6.99. The first-order chi connectivity index (χ1) is 9.45. The summed E-state index contributed by atoms with van der Waals surface area (Å²) in [4.78, 5) is 14.9. The van der Waals surface area contributed by atoms with Gasteiger partial charge in [-0.25, -0.2) is 8.78 Å². The number of halogens is 6. The molecule has 10 heteroatoms. The third-order valence-electron chi connectivity index (χ3n) is 3.64. The molecular formula is C13H25Cl2F4N3O. The molecule has 1 rings (SSSR count). The maximum atomic E-state index is 13.0. The van der Waals surface area contributed by atoms with Crippen molar-refractivity contribution in [3.63, 3.8) is 0 Å². The van der Waals surface area contributed by atoms with Crippen LogP contribution in [0.15, 0.2) is 0 Å². The Bertz CT molecular complexity index is 373. The number of carbonyl (C=O) groups excluding carboxylic acids is 1. The van der Waals surface area contributed by atoms with E-state index in [1.54, 1.807) is 0 Å². The maximum Gasteiger partial charge on any atom is 0.319 e. The van der Waals surface area contributed by atoms with Crippen LogP contribution in [0.5, 0.6) is 0 Å². The van der Waals surface area contributed by atoms with Gasteiger partial charge in [0.25, 0.3) is 0 Å². The molecule has 1 amide bonds. The second-order valence-corrected chi connectivity index (χ2v) is 6.51. The van der Waals surface area contributed by atoms with Crippen LogP contribution in [0.3, 0.4) is 0 Å². The van der Waals surface area contributed by atoms with Crippen molar-refractivity contribution in [1.29, 1.82) is 0 Å². The smallest absolute Gasteiger partial charge is 0.319 e. The molecule has 0 radical (unpaired) electrons. The van der Waals surface area contributed by atoms with Gasteiger partial charge in [-0.15, -0.1) is 24.8 Å². The number of alkyl halides is 4. The summed E-state index contributed by atoms with van der Waals surface area (Å²) in [5, 5.41) is 0. The highest BCUT2D eigenvalue weighted by Gasteiger charge is 2.43. The fourth-order valence-corrected chi connectivity index (χ4v) is 2.06. The first-order valence-corrected chi connectivity index (χ1v) is 6.88. The van der Waals surface area contributed by atoms with Gasteiger partial charge in [-0.1, -0.05) is 20.8 Å². The highest BCUT2D eigenvalue weighted by molar-refractivity contribution is 5.85. The summed E-state index contributed by atoms with van der Waals surface area (Å²) in [7, 11) is 0. The summed E-state index contributed by atoms with van der Waals surface area (Å²) >= 11 is 0. The van der Waals surface area contributed by atoms with Crippen LogP contribution in [0, 0.1) is 5.41 Å². The van der Waals surface area contributed by atoms with E-state index >= 15 is 0 Å². The highest BCUT2D eigenvalue weighted by Crippen LogP contribution is 2.25. The molecule has 0 aliphatic carbocycles. The third-order valence-corrected chi connectivity index (χ3v) is 3.64. The number of piperazine rings is 1. The van der Waals surface area contributed by atoms with E-state index in [-0.39, 0.29) is 56.9 Å². The predicted molar refractivity (Wildman–Crippen MR) is 85.9 cm³/mol. The van der Waals surface area contributed by atoms with E-state index in [0.717, 1.165) is 0 Å². The van der Waals surface area contributed by atoms with Crippen LogP contribution in [0.1, 0.15) is 20.8 Å². The van der Waals surface area contributed by atoms with E-state index in [4.69, 9.17) is 5.73 Å². The minimum atomic E-state index is -4.02. The topological polar surface area (TPSA) is 49.6 Å². The zero-order valence-corrected chi connectivity index (χ0v) is 15.0. The predicted octanol–water partition coefficient (Wildman–Crippen LogP) is 2.25. The Morgan fingerprint density at radius 1 is 1.09 bits per heavy atom. The molecule has 2 N–H and O–H groups in total. The molecule has 0 saturated carbocycles. The first kappa shape index (κ1) is 24.9. The van der Waals surface area contributed by atoms with Crippen LogP contribution in [-0.2, 0) is 4.79 Å². The van der Waals surface area contributed by atoms with Gasteiger partial charge in [-0.05, 0) is 5.41 Å². The zero-order valence-electron chi connectivity index (χ0n) is 13.4. The Hall–Kier alpha value is -0.310. The van der Waals surface area contributed by atoms with Gasteiger partial charge in [-0.2, -0.15) is 8.78 Å². The lowest BCUT2D eigenvalue weighted by molar-refractivity contribution is -0.149. The lowest BCUT2D eigenvalue weighted by Crippen LogP contribution is -2.57. The van der Waals surface area contributed by atoms with Gasteiger partial charge in [0.15, 0.2) is 0 Å². The van der Waals surface area contributed by atoms with Gasteiger partial charge < -0.3 is 10.6 Å². The second-order valence-electron chi connectivity index (χ2n) is 6.51. The summed E-state index contributed by atoms with van der Waals surface area (Å²) in [6.45, 7) is 5.27. The molecule has 1 fully saturated rings. The van der Waals surface area contributed by atoms with Crippen LogP contribution in [-0.4, -0.2) is 66.8 Å². The molecule has 0 bridgehead atoms. The molecule has 23 heavy (non-hydrogen) atoms. The Kier molecular flexibility index (Phi) is 10.0. The Morgan fingerprint density at radius 2 is 1.52 bits per heavy atom. The van der Waals surface area contributed by atoms with Crippen LogP contribution < -0.4 is 5.73 Å². The molecule has 1 atom stereocenters. The van der Waals surface area contributed by atoms with Crippen molar-refractivity contribution in [3.05, 3.63) is 0 Å². The standard InChI is InChI=1S/C13H23F4N3O.2ClH/c1-12(2,3)9(18)10(21)20-6-4-19(5-7-20)8-13(16,17)11(14)15;;/h9,11H,4-8,18H2,1-3H3;2*1H/t9-;;/m1../s1. The van der Waals surface area contributed by atoms with E-state index < -0.39 is 30.3 Å². The van der Waals surface area contributed by atoms with Crippen molar-refractivity contribution in [3.8, 4) is 0 Å². The fraction of sp³-hybridized carbons (Fsp3) is 0.923. The zero-order chi connectivity index (χ0) is 16.4. The SMILES string of the molecule is CC(C)(C)[C@H](N)C(=O)N1CCN(CC(F)(F)C(F)F)CC1.Cl.Cl. The number of carbonyl (C=O) groups is 1. The molecule has 1 aliphatic heterocycles. The molecule has 140 valence electrons. The van der Waals surface area contributed by atoms with E-state index in [1.165, 1.54) is 9.80 Å².